The van der Waals surface area contributed by atoms with Crippen molar-refractivity contribution in [3.63, 3.8) is 0 Å². The maximum absolute atomic E-state index is 13.7. The third kappa shape index (κ3) is 2.92. The van der Waals surface area contributed by atoms with Crippen LogP contribution in [0.2, 0.25) is 0 Å². The third-order valence-corrected chi connectivity index (χ3v) is 3.38. The van der Waals surface area contributed by atoms with Crippen LogP contribution in [-0.2, 0) is 9.53 Å². The molecule has 0 N–H and O–H groups in total. The average molecular weight is 266 g/mol. The van der Waals surface area contributed by atoms with Gasteiger partial charge in [-0.05, 0) is 37.5 Å². The van der Waals surface area contributed by atoms with Gasteiger partial charge in [0.05, 0.1) is 13.5 Å². The Hall–Kier alpha value is -1.91. The first-order valence-corrected chi connectivity index (χ1v) is 6.09. The minimum Gasteiger partial charge on any atom is -0.484 e. The van der Waals surface area contributed by atoms with E-state index in [4.69, 9.17) is 4.74 Å². The van der Waals surface area contributed by atoms with Crippen LogP contribution in [0.4, 0.5) is 4.39 Å². The minimum absolute atomic E-state index is 0.0641. The summed E-state index contributed by atoms with van der Waals surface area (Å²) in [5, 5.41) is 0. The topological polar surface area (TPSA) is 52.6 Å². The second-order valence-electron chi connectivity index (χ2n) is 4.70. The Kier molecular flexibility index (Phi) is 3.83. The monoisotopic (exact) mass is 266 g/mol. The van der Waals surface area contributed by atoms with Gasteiger partial charge in [0.2, 0.25) is 0 Å². The molecule has 5 heteroatoms. The van der Waals surface area contributed by atoms with Gasteiger partial charge in [0, 0.05) is 5.56 Å². The SMILES string of the molecule is COC(=O)CC1(Oc2ccc(C=O)cc2F)CCC1. The van der Waals surface area contributed by atoms with Crippen LogP contribution in [0.15, 0.2) is 18.2 Å². The van der Waals surface area contributed by atoms with Gasteiger partial charge in [-0.1, -0.05) is 0 Å². The number of methoxy groups -OCH3 is 1. The Labute approximate surface area is 110 Å². The highest BCUT2D eigenvalue weighted by molar-refractivity contribution is 5.75. The van der Waals surface area contributed by atoms with Crippen LogP contribution in [0.1, 0.15) is 36.0 Å². The zero-order chi connectivity index (χ0) is 13.9. The zero-order valence-electron chi connectivity index (χ0n) is 10.6. The lowest BCUT2D eigenvalue weighted by Gasteiger charge is -2.41. The van der Waals surface area contributed by atoms with Crippen molar-refractivity contribution in [3.8, 4) is 5.75 Å². The predicted molar refractivity (Wildman–Crippen MR) is 65.6 cm³/mol. The lowest BCUT2D eigenvalue weighted by atomic mass is 9.77. The summed E-state index contributed by atoms with van der Waals surface area (Å²) in [7, 11) is 1.31. The first-order valence-electron chi connectivity index (χ1n) is 6.09. The molecular weight excluding hydrogens is 251 g/mol. The molecule has 0 unspecified atom stereocenters. The summed E-state index contributed by atoms with van der Waals surface area (Å²) < 4.78 is 24.0. The number of halogens is 1. The van der Waals surface area contributed by atoms with Gasteiger partial charge in [-0.3, -0.25) is 9.59 Å². The van der Waals surface area contributed by atoms with Crippen molar-refractivity contribution < 1.29 is 23.5 Å². The number of esters is 1. The summed E-state index contributed by atoms with van der Waals surface area (Å²) in [5.41, 5.74) is -0.420. The fourth-order valence-electron chi connectivity index (χ4n) is 2.13. The number of aldehydes is 1. The first-order chi connectivity index (χ1) is 9.08. The molecule has 19 heavy (non-hydrogen) atoms. The van der Waals surface area contributed by atoms with Crippen LogP contribution in [0.25, 0.3) is 0 Å². The number of benzene rings is 1. The molecule has 2 rings (SSSR count). The maximum Gasteiger partial charge on any atom is 0.309 e. The van der Waals surface area contributed by atoms with E-state index < -0.39 is 11.4 Å². The summed E-state index contributed by atoms with van der Waals surface area (Å²) >= 11 is 0. The van der Waals surface area contributed by atoms with Crippen molar-refractivity contribution in [3.05, 3.63) is 29.6 Å². The average Bonchev–Trinajstić information content (AvgIpc) is 2.37. The molecule has 1 aliphatic carbocycles. The van der Waals surface area contributed by atoms with E-state index in [0.29, 0.717) is 19.1 Å². The lowest BCUT2D eigenvalue weighted by molar-refractivity contribution is -0.148. The fraction of sp³-hybridized carbons (Fsp3) is 0.429. The van der Waals surface area contributed by atoms with Crippen LogP contribution >= 0.6 is 0 Å². The van der Waals surface area contributed by atoms with Gasteiger partial charge in [-0.25, -0.2) is 4.39 Å². The molecule has 0 aromatic heterocycles. The predicted octanol–water partition coefficient (Wildman–Crippen LogP) is 2.50. The van der Waals surface area contributed by atoms with Gasteiger partial charge in [0.15, 0.2) is 11.6 Å². The van der Waals surface area contributed by atoms with E-state index in [2.05, 4.69) is 4.74 Å². The second kappa shape index (κ2) is 5.38. The Balaban J connectivity index is 2.14. The molecule has 0 spiro atoms. The van der Waals surface area contributed by atoms with Crippen molar-refractivity contribution in [1.82, 2.24) is 0 Å². The normalized spacial score (nSPS) is 16.3. The second-order valence-corrected chi connectivity index (χ2v) is 4.70. The van der Waals surface area contributed by atoms with E-state index in [0.717, 1.165) is 12.5 Å². The highest BCUT2D eigenvalue weighted by Crippen LogP contribution is 2.40. The molecule has 1 aliphatic rings. The number of hydrogen-bond acceptors (Lipinski definition) is 4. The molecule has 4 nitrogen and oxygen atoms in total. The molecule has 0 aliphatic heterocycles. The number of hydrogen-bond donors (Lipinski definition) is 0. The van der Waals surface area contributed by atoms with E-state index in [1.165, 1.54) is 19.2 Å². The van der Waals surface area contributed by atoms with Gasteiger partial charge in [-0.2, -0.15) is 0 Å². The maximum atomic E-state index is 13.7. The zero-order valence-corrected chi connectivity index (χ0v) is 10.6. The van der Waals surface area contributed by atoms with Crippen LogP contribution in [0.5, 0.6) is 5.75 Å². The van der Waals surface area contributed by atoms with Crippen molar-refractivity contribution >= 4 is 12.3 Å². The third-order valence-electron chi connectivity index (χ3n) is 3.38. The summed E-state index contributed by atoms with van der Waals surface area (Å²) in [4.78, 5) is 21.9. The molecule has 0 saturated heterocycles. The Morgan fingerprint density at radius 1 is 1.47 bits per heavy atom. The van der Waals surface area contributed by atoms with Crippen molar-refractivity contribution in [2.75, 3.05) is 7.11 Å². The van der Waals surface area contributed by atoms with Crippen LogP contribution in [-0.4, -0.2) is 25.0 Å². The van der Waals surface area contributed by atoms with Crippen molar-refractivity contribution in [2.24, 2.45) is 0 Å². The summed E-state index contributed by atoms with van der Waals surface area (Å²) in [6.45, 7) is 0. The first kappa shape index (κ1) is 13.5. The highest BCUT2D eigenvalue weighted by Gasteiger charge is 2.42. The summed E-state index contributed by atoms with van der Waals surface area (Å²) in [6, 6.07) is 4.01. The van der Waals surface area contributed by atoms with Crippen molar-refractivity contribution in [1.29, 1.82) is 0 Å². The molecule has 0 amide bonds. The van der Waals surface area contributed by atoms with E-state index in [1.807, 2.05) is 0 Å². The van der Waals surface area contributed by atoms with Gasteiger partial charge in [0.1, 0.15) is 11.9 Å². The fourth-order valence-corrected chi connectivity index (χ4v) is 2.13. The van der Waals surface area contributed by atoms with Gasteiger partial charge in [0.25, 0.3) is 0 Å². The van der Waals surface area contributed by atoms with Gasteiger partial charge < -0.3 is 9.47 Å². The van der Waals surface area contributed by atoms with E-state index >= 15 is 0 Å². The number of carbonyl (C=O) groups is 2. The Bertz CT molecular complexity index is 494. The molecule has 1 aromatic rings. The van der Waals surface area contributed by atoms with Gasteiger partial charge in [-0.15, -0.1) is 0 Å². The summed E-state index contributed by atoms with van der Waals surface area (Å²) in [6.07, 6.45) is 3.00. The van der Waals surface area contributed by atoms with Gasteiger partial charge >= 0.3 is 5.97 Å². The Morgan fingerprint density at radius 2 is 2.21 bits per heavy atom. The number of carbonyl (C=O) groups excluding carboxylic acids is 2. The minimum atomic E-state index is -0.670. The molecule has 0 atom stereocenters. The summed E-state index contributed by atoms with van der Waals surface area (Å²) in [5.74, 6) is -0.903. The molecule has 1 fully saturated rings. The molecule has 0 heterocycles. The standard InChI is InChI=1S/C14H15FO4/c1-18-13(17)8-14(5-2-6-14)19-12-4-3-10(9-16)7-11(12)15/h3-4,7,9H,2,5-6,8H2,1H3. The smallest absolute Gasteiger partial charge is 0.309 e. The molecule has 1 saturated carbocycles. The molecular formula is C14H15FO4. The highest BCUT2D eigenvalue weighted by atomic mass is 19.1. The Morgan fingerprint density at radius 3 is 2.68 bits per heavy atom. The van der Waals surface area contributed by atoms with E-state index in [1.54, 1.807) is 0 Å². The van der Waals surface area contributed by atoms with E-state index in [9.17, 15) is 14.0 Å². The number of rotatable bonds is 5. The van der Waals surface area contributed by atoms with Crippen LogP contribution in [0, 0.1) is 5.82 Å². The van der Waals surface area contributed by atoms with Crippen molar-refractivity contribution in [2.45, 2.75) is 31.3 Å². The molecule has 1 aromatic carbocycles. The van der Waals surface area contributed by atoms with E-state index in [-0.39, 0.29) is 23.7 Å². The molecule has 0 radical (unpaired) electrons. The van der Waals surface area contributed by atoms with Crippen LogP contribution < -0.4 is 4.74 Å². The largest absolute Gasteiger partial charge is 0.484 e. The number of ether oxygens (including phenoxy) is 2. The molecule has 102 valence electrons. The van der Waals surface area contributed by atoms with Crippen LogP contribution in [0.3, 0.4) is 0 Å². The lowest BCUT2D eigenvalue weighted by Crippen LogP contribution is -2.45. The molecule has 0 bridgehead atoms. The quantitative estimate of drug-likeness (QED) is 0.607.